The van der Waals surface area contributed by atoms with Crippen LogP contribution in [-0.2, 0) is 21.2 Å². The average molecular weight is 466 g/mol. The number of benzene rings is 3. The van der Waals surface area contributed by atoms with Crippen molar-refractivity contribution in [2.24, 2.45) is 0 Å². The Morgan fingerprint density at radius 3 is 2.38 bits per heavy atom. The summed E-state index contributed by atoms with van der Waals surface area (Å²) >= 11 is 1.07. The fraction of sp³-hybridized carbons (Fsp3) is 0.0435. The van der Waals surface area contributed by atoms with Crippen molar-refractivity contribution in [1.82, 2.24) is 10.9 Å². The number of para-hydroxylation sites is 1. The minimum absolute atomic E-state index is 0.0777. The topological polar surface area (TPSA) is 104 Å². The summed E-state index contributed by atoms with van der Waals surface area (Å²) in [5, 5.41) is 3.64. The van der Waals surface area contributed by atoms with Gasteiger partial charge in [-0.2, -0.15) is 0 Å². The molecule has 9 heteroatoms. The van der Waals surface area contributed by atoms with Gasteiger partial charge in [0.05, 0.1) is 17.7 Å². The summed E-state index contributed by atoms with van der Waals surface area (Å²) in [7, 11) is -3.82. The van der Waals surface area contributed by atoms with Gasteiger partial charge in [0.1, 0.15) is 4.21 Å². The molecule has 2 amide bonds. The Kier molecular flexibility index (Phi) is 6.20. The fourth-order valence-corrected chi connectivity index (χ4v) is 5.31. The zero-order valence-electron chi connectivity index (χ0n) is 16.7. The number of carbonyl (C=O) groups excluding carboxylic acids is 2. The van der Waals surface area contributed by atoms with E-state index in [1.807, 2.05) is 42.5 Å². The van der Waals surface area contributed by atoms with Crippen LogP contribution in [0.5, 0.6) is 0 Å². The highest BCUT2D eigenvalue weighted by Crippen LogP contribution is 2.23. The highest BCUT2D eigenvalue weighted by molar-refractivity contribution is 7.94. The van der Waals surface area contributed by atoms with Crippen LogP contribution < -0.4 is 15.6 Å². The van der Waals surface area contributed by atoms with Crippen molar-refractivity contribution in [1.29, 1.82) is 0 Å². The van der Waals surface area contributed by atoms with Gasteiger partial charge in [-0.1, -0.05) is 60.7 Å². The van der Waals surface area contributed by atoms with Gasteiger partial charge in [-0.3, -0.25) is 25.2 Å². The number of hydrogen-bond acceptors (Lipinski definition) is 5. The van der Waals surface area contributed by atoms with Gasteiger partial charge in [0.2, 0.25) is 5.91 Å². The Balaban J connectivity index is 1.44. The zero-order valence-corrected chi connectivity index (χ0v) is 18.4. The van der Waals surface area contributed by atoms with E-state index in [1.165, 1.54) is 18.2 Å². The number of hydrogen-bond donors (Lipinski definition) is 3. The first kappa shape index (κ1) is 21.5. The molecule has 3 N–H and O–H groups in total. The first-order chi connectivity index (χ1) is 15.4. The van der Waals surface area contributed by atoms with Crippen molar-refractivity contribution in [3.05, 3.63) is 95.4 Å². The van der Waals surface area contributed by atoms with Gasteiger partial charge in [-0.15, -0.1) is 11.3 Å². The lowest BCUT2D eigenvalue weighted by Gasteiger charge is -2.13. The molecule has 0 radical (unpaired) electrons. The van der Waals surface area contributed by atoms with Gasteiger partial charge < -0.3 is 0 Å². The maximum Gasteiger partial charge on any atom is 0.271 e. The summed E-state index contributed by atoms with van der Waals surface area (Å²) in [6.07, 6.45) is 0.0777. The molecular weight excluding hydrogens is 446 g/mol. The van der Waals surface area contributed by atoms with E-state index in [-0.39, 0.29) is 21.9 Å². The maximum atomic E-state index is 12.6. The van der Waals surface area contributed by atoms with E-state index in [0.29, 0.717) is 0 Å². The van der Waals surface area contributed by atoms with Crippen LogP contribution in [0.2, 0.25) is 0 Å². The molecule has 0 aliphatic heterocycles. The van der Waals surface area contributed by atoms with Crippen LogP contribution >= 0.6 is 11.3 Å². The Morgan fingerprint density at radius 2 is 1.56 bits per heavy atom. The number of amides is 2. The molecule has 4 aromatic rings. The second-order valence-electron chi connectivity index (χ2n) is 6.90. The van der Waals surface area contributed by atoms with Crippen molar-refractivity contribution in [2.75, 3.05) is 4.72 Å². The molecule has 3 aromatic carbocycles. The number of sulfonamides is 1. The summed E-state index contributed by atoms with van der Waals surface area (Å²) in [6, 6.07) is 22.7. The summed E-state index contributed by atoms with van der Waals surface area (Å²) in [5.41, 5.74) is 5.78. The quantitative estimate of drug-likeness (QED) is 0.378. The molecule has 4 rings (SSSR count). The number of fused-ring (bicyclic) bond motifs is 1. The lowest BCUT2D eigenvalue weighted by Crippen LogP contribution is -2.42. The molecule has 1 heterocycles. The normalized spacial score (nSPS) is 11.1. The molecule has 0 unspecified atom stereocenters. The summed E-state index contributed by atoms with van der Waals surface area (Å²) in [5.74, 6) is -1.04. The molecule has 0 aliphatic rings. The van der Waals surface area contributed by atoms with Crippen LogP contribution in [0.15, 0.2) is 88.5 Å². The summed E-state index contributed by atoms with van der Waals surface area (Å²) < 4.78 is 27.6. The van der Waals surface area contributed by atoms with E-state index >= 15 is 0 Å². The molecule has 0 bridgehead atoms. The molecule has 162 valence electrons. The summed E-state index contributed by atoms with van der Waals surface area (Å²) in [6.45, 7) is 0. The second kappa shape index (κ2) is 9.21. The zero-order chi connectivity index (χ0) is 22.6. The first-order valence-electron chi connectivity index (χ1n) is 9.65. The van der Waals surface area contributed by atoms with Gasteiger partial charge >= 0.3 is 0 Å². The van der Waals surface area contributed by atoms with Crippen LogP contribution in [0.25, 0.3) is 10.8 Å². The molecule has 0 spiro atoms. The first-order valence-corrected chi connectivity index (χ1v) is 12.0. The molecule has 0 saturated carbocycles. The molecule has 0 aliphatic carbocycles. The van der Waals surface area contributed by atoms with Crippen LogP contribution in [0, 0.1) is 0 Å². The lowest BCUT2D eigenvalue weighted by atomic mass is 10.0. The van der Waals surface area contributed by atoms with Crippen LogP contribution in [-0.4, -0.2) is 20.2 Å². The van der Waals surface area contributed by atoms with E-state index in [9.17, 15) is 18.0 Å². The highest BCUT2D eigenvalue weighted by Gasteiger charge is 2.19. The standard InChI is InChI=1S/C23H19N3O4S2/c27-21(15-17-9-5-8-16-7-1-2-10-18(16)17)24-25-23(28)19-11-3-4-12-20(19)26-32(29,30)22-13-6-14-31-22/h1-14,26H,15H2,(H,24,27)(H,25,28). The van der Waals surface area contributed by atoms with Gasteiger partial charge in [0.25, 0.3) is 15.9 Å². The van der Waals surface area contributed by atoms with E-state index in [1.54, 1.807) is 23.6 Å². The van der Waals surface area contributed by atoms with E-state index < -0.39 is 21.8 Å². The largest absolute Gasteiger partial charge is 0.278 e. The van der Waals surface area contributed by atoms with E-state index in [0.717, 1.165) is 27.7 Å². The molecule has 0 fully saturated rings. The fourth-order valence-electron chi connectivity index (χ4n) is 3.24. The molecule has 32 heavy (non-hydrogen) atoms. The van der Waals surface area contributed by atoms with Crippen LogP contribution in [0.4, 0.5) is 5.69 Å². The molecule has 0 atom stereocenters. The van der Waals surface area contributed by atoms with Gasteiger partial charge in [0, 0.05) is 0 Å². The SMILES string of the molecule is O=C(Cc1cccc2ccccc12)NNC(=O)c1ccccc1NS(=O)(=O)c1cccs1. The number of hydrazine groups is 1. The molecule has 1 aromatic heterocycles. The monoisotopic (exact) mass is 465 g/mol. The molecule has 7 nitrogen and oxygen atoms in total. The second-order valence-corrected chi connectivity index (χ2v) is 9.76. The van der Waals surface area contributed by atoms with Gasteiger partial charge in [0.15, 0.2) is 0 Å². The molecule has 0 saturated heterocycles. The van der Waals surface area contributed by atoms with Gasteiger partial charge in [-0.25, -0.2) is 8.42 Å². The Bertz CT molecular complexity index is 1380. The predicted molar refractivity (Wildman–Crippen MR) is 125 cm³/mol. The van der Waals surface area contributed by atoms with E-state index in [4.69, 9.17) is 0 Å². The average Bonchev–Trinajstić information content (AvgIpc) is 3.34. The molecular formula is C23H19N3O4S2. The summed E-state index contributed by atoms with van der Waals surface area (Å²) in [4.78, 5) is 25.1. The van der Waals surface area contributed by atoms with Crippen molar-refractivity contribution in [3.8, 4) is 0 Å². The van der Waals surface area contributed by atoms with Crippen LogP contribution in [0.3, 0.4) is 0 Å². The predicted octanol–water partition coefficient (Wildman–Crippen LogP) is 3.71. The minimum Gasteiger partial charge on any atom is -0.278 e. The Morgan fingerprint density at radius 1 is 0.812 bits per heavy atom. The number of thiophene rings is 1. The Labute approximate surface area is 189 Å². The number of nitrogens with one attached hydrogen (secondary N) is 3. The van der Waals surface area contributed by atoms with Crippen molar-refractivity contribution >= 4 is 49.6 Å². The smallest absolute Gasteiger partial charge is 0.271 e. The van der Waals surface area contributed by atoms with Crippen molar-refractivity contribution < 1.29 is 18.0 Å². The number of rotatable bonds is 6. The highest BCUT2D eigenvalue weighted by atomic mass is 32.2. The van der Waals surface area contributed by atoms with Crippen LogP contribution in [0.1, 0.15) is 15.9 Å². The lowest BCUT2D eigenvalue weighted by molar-refractivity contribution is -0.121. The van der Waals surface area contributed by atoms with Crippen molar-refractivity contribution in [2.45, 2.75) is 10.6 Å². The van der Waals surface area contributed by atoms with E-state index in [2.05, 4.69) is 15.6 Å². The number of carbonyl (C=O) groups is 2. The van der Waals surface area contributed by atoms with Gasteiger partial charge in [-0.05, 0) is 39.9 Å². The Hall–Kier alpha value is -3.69. The minimum atomic E-state index is -3.82. The third kappa shape index (κ3) is 4.79. The van der Waals surface area contributed by atoms with Crippen molar-refractivity contribution in [3.63, 3.8) is 0 Å². The third-order valence-corrected chi connectivity index (χ3v) is 7.49. The maximum absolute atomic E-state index is 12.6. The number of anilines is 1. The third-order valence-electron chi connectivity index (χ3n) is 4.72.